The number of hydrogen-bond acceptors (Lipinski definition) is 3. The molecule has 0 heterocycles. The van der Waals surface area contributed by atoms with Crippen molar-refractivity contribution in [1.82, 2.24) is 0 Å². The molecule has 0 fully saturated rings. The molecule has 0 amide bonds. The molecule has 0 aromatic rings. The maximum Gasteiger partial charge on any atom is 4.00 e. The van der Waals surface area contributed by atoms with Gasteiger partial charge in [-0.15, -0.1) is 46.5 Å². The average Bonchev–Trinajstić information content (AvgIpc) is 2.73. The maximum atomic E-state index is 9.46. The molecule has 1 rings (SSSR count). The summed E-state index contributed by atoms with van der Waals surface area (Å²) in [5, 5.41) is 28.4. The van der Waals surface area contributed by atoms with Gasteiger partial charge in [0.1, 0.15) is 0 Å². The van der Waals surface area contributed by atoms with Crippen LogP contribution in [0.2, 0.25) is 0 Å². The van der Waals surface area contributed by atoms with Crippen LogP contribution in [-0.4, -0.2) is 19.8 Å². The van der Waals surface area contributed by atoms with Crippen molar-refractivity contribution in [2.45, 2.75) is 53.9 Å². The summed E-state index contributed by atoms with van der Waals surface area (Å²) in [5.74, 6) is 0. The van der Waals surface area contributed by atoms with Gasteiger partial charge in [0.05, 0.1) is 0 Å². The van der Waals surface area contributed by atoms with E-state index in [1.54, 1.807) is 18.2 Å². The van der Waals surface area contributed by atoms with Gasteiger partial charge in [0.15, 0.2) is 0 Å². The van der Waals surface area contributed by atoms with Crippen LogP contribution in [0.3, 0.4) is 0 Å². The summed E-state index contributed by atoms with van der Waals surface area (Å²) in [6.07, 6.45) is 10.1. The summed E-state index contributed by atoms with van der Waals surface area (Å²) in [4.78, 5) is 0. The Bertz CT molecular complexity index is 397. The van der Waals surface area contributed by atoms with Crippen molar-refractivity contribution >= 4 is 0 Å². The maximum absolute atomic E-state index is 9.46. The molecule has 4 heteroatoms. The van der Waals surface area contributed by atoms with Crippen molar-refractivity contribution in [2.75, 3.05) is 19.8 Å². The van der Waals surface area contributed by atoms with E-state index in [0.29, 0.717) is 19.3 Å². The molecule has 0 N–H and O–H groups in total. The number of allylic oxidation sites excluding steroid dienone is 4. The van der Waals surface area contributed by atoms with E-state index in [1.165, 1.54) is 16.7 Å². The van der Waals surface area contributed by atoms with Gasteiger partial charge >= 0.3 is 25.8 Å². The van der Waals surface area contributed by atoms with Gasteiger partial charge in [-0.05, 0) is 0 Å². The minimum Gasteiger partial charge on any atom is -0.854 e. The third-order valence-electron chi connectivity index (χ3n) is 3.53. The summed E-state index contributed by atoms with van der Waals surface area (Å²) in [5.41, 5.74) is 4.39. The average molecular weight is 527 g/mol. The number of hydrogen-bond donors (Lipinski definition) is 0. The Morgan fingerprint density at radius 3 is 1.15 bits per heavy atom. The van der Waals surface area contributed by atoms with Gasteiger partial charge in [-0.25, -0.2) is 5.57 Å². The fourth-order valence-electron chi connectivity index (χ4n) is 1.66. The normalized spacial score (nSPS) is 13.3. The Labute approximate surface area is 180 Å². The standard InChI is InChI=1S/C10H15.3C4H7O.Hf/c1-7-6-10(4,5)9(3)8(7)2;3*1-2-3-4-5;/h1-5H3;3*2H,1,3-4H2;/q4*-1;+4. The van der Waals surface area contributed by atoms with Gasteiger partial charge in [0, 0.05) is 0 Å². The van der Waals surface area contributed by atoms with Gasteiger partial charge in [-0.3, -0.25) is 6.08 Å². The van der Waals surface area contributed by atoms with Crippen LogP contribution in [0.15, 0.2) is 54.7 Å². The Balaban J connectivity index is -0.000000132. The molecule has 0 radical (unpaired) electrons. The Morgan fingerprint density at radius 1 is 0.808 bits per heavy atom. The summed E-state index contributed by atoms with van der Waals surface area (Å²) < 4.78 is 0. The molecule has 1 aliphatic rings. The molecule has 0 saturated heterocycles. The van der Waals surface area contributed by atoms with Crippen LogP contribution >= 0.6 is 0 Å². The third-order valence-corrected chi connectivity index (χ3v) is 3.53. The first-order valence-electron chi connectivity index (χ1n) is 8.57. The van der Waals surface area contributed by atoms with Crippen LogP contribution in [0.4, 0.5) is 0 Å². The predicted molar refractivity (Wildman–Crippen MR) is 104 cm³/mol. The first kappa shape index (κ1) is 33.1. The molecule has 0 saturated carbocycles. The van der Waals surface area contributed by atoms with Crippen LogP contribution in [0, 0.1) is 11.5 Å². The summed E-state index contributed by atoms with van der Waals surface area (Å²) in [6.45, 7) is 20.9. The third kappa shape index (κ3) is 19.8. The van der Waals surface area contributed by atoms with Gasteiger partial charge < -0.3 is 15.3 Å². The molecule has 1 aliphatic carbocycles. The first-order valence-corrected chi connectivity index (χ1v) is 8.57. The van der Waals surface area contributed by atoms with Crippen molar-refractivity contribution in [3.63, 3.8) is 0 Å². The molecule has 0 aromatic heterocycles. The van der Waals surface area contributed by atoms with Crippen molar-refractivity contribution < 1.29 is 41.2 Å². The van der Waals surface area contributed by atoms with Crippen molar-refractivity contribution in [3.8, 4) is 0 Å². The van der Waals surface area contributed by atoms with E-state index in [0.717, 1.165) is 0 Å². The zero-order valence-corrected chi connectivity index (χ0v) is 20.9. The first-order chi connectivity index (χ1) is 11.7. The van der Waals surface area contributed by atoms with Gasteiger partial charge in [0.2, 0.25) is 0 Å². The fraction of sp³-hybridized carbons (Fsp3) is 0.545. The van der Waals surface area contributed by atoms with E-state index in [1.807, 2.05) is 0 Å². The Morgan fingerprint density at radius 2 is 1.12 bits per heavy atom. The predicted octanol–water partition coefficient (Wildman–Crippen LogP) is 2.88. The van der Waals surface area contributed by atoms with Crippen LogP contribution in [0.1, 0.15) is 53.9 Å². The van der Waals surface area contributed by atoms with E-state index in [2.05, 4.69) is 60.4 Å². The van der Waals surface area contributed by atoms with Gasteiger partial charge in [-0.2, -0.15) is 11.1 Å². The second-order valence-electron chi connectivity index (χ2n) is 5.97. The van der Waals surface area contributed by atoms with Crippen LogP contribution in [-0.2, 0) is 25.8 Å². The summed E-state index contributed by atoms with van der Waals surface area (Å²) in [7, 11) is 0. The minimum absolute atomic E-state index is 0. The van der Waals surface area contributed by atoms with Gasteiger partial charge in [-0.1, -0.05) is 70.6 Å². The molecule has 0 spiro atoms. The molecule has 0 unspecified atom stereocenters. The smallest absolute Gasteiger partial charge is 0.854 e. The molecule has 0 bridgehead atoms. The second-order valence-corrected chi connectivity index (χ2v) is 5.97. The molecular formula is C22H36HfO3. The fourth-order valence-corrected chi connectivity index (χ4v) is 1.66. The van der Waals surface area contributed by atoms with Crippen molar-refractivity contribution in [1.29, 1.82) is 0 Å². The van der Waals surface area contributed by atoms with E-state index >= 15 is 0 Å². The molecule has 0 atom stereocenters. The Hall–Kier alpha value is -0.550. The zero-order valence-electron chi connectivity index (χ0n) is 17.3. The quantitative estimate of drug-likeness (QED) is 0.304. The Kier molecular flexibility index (Phi) is 28.6. The molecule has 26 heavy (non-hydrogen) atoms. The summed E-state index contributed by atoms with van der Waals surface area (Å²) >= 11 is 0. The van der Waals surface area contributed by atoms with E-state index in [9.17, 15) is 15.3 Å². The summed E-state index contributed by atoms with van der Waals surface area (Å²) in [6, 6.07) is 0. The largest absolute Gasteiger partial charge is 4.00 e. The molecular weight excluding hydrogens is 491 g/mol. The molecule has 146 valence electrons. The van der Waals surface area contributed by atoms with E-state index in [-0.39, 0.29) is 51.1 Å². The molecule has 3 nitrogen and oxygen atoms in total. The van der Waals surface area contributed by atoms with Crippen LogP contribution < -0.4 is 15.3 Å². The van der Waals surface area contributed by atoms with E-state index < -0.39 is 0 Å². The molecule has 0 aliphatic heterocycles. The van der Waals surface area contributed by atoms with E-state index in [4.69, 9.17) is 0 Å². The van der Waals surface area contributed by atoms with Crippen molar-refractivity contribution in [2.24, 2.45) is 5.41 Å². The van der Waals surface area contributed by atoms with Crippen LogP contribution in [0.25, 0.3) is 0 Å². The SMILES string of the molecule is C=CCC[O-].C=CCC[O-].C=CCC[O-].CC1=[C-]C(C)(C)C(C)=C1C.[Hf+4]. The number of rotatable bonds is 6. The monoisotopic (exact) mass is 528 g/mol. The second kappa shape index (κ2) is 22.5. The van der Waals surface area contributed by atoms with Crippen molar-refractivity contribution in [3.05, 3.63) is 60.8 Å². The molecule has 0 aromatic carbocycles. The van der Waals surface area contributed by atoms with Gasteiger partial charge in [0.25, 0.3) is 0 Å². The topological polar surface area (TPSA) is 69.2 Å². The minimum atomic E-state index is -0.0243. The van der Waals surface area contributed by atoms with Crippen LogP contribution in [0.5, 0.6) is 0 Å². The zero-order chi connectivity index (χ0) is 20.3.